The van der Waals surface area contributed by atoms with Gasteiger partial charge in [0.25, 0.3) is 0 Å². The van der Waals surface area contributed by atoms with E-state index in [9.17, 15) is 0 Å². The highest BCUT2D eigenvalue weighted by atomic mass is 79.9. The molecule has 0 saturated heterocycles. The van der Waals surface area contributed by atoms with Crippen LogP contribution in [-0.4, -0.2) is 11.9 Å². The first-order valence-corrected chi connectivity index (χ1v) is 8.58. The molecule has 1 fully saturated rings. The zero-order chi connectivity index (χ0) is 14.8. The number of benzene rings is 1. The van der Waals surface area contributed by atoms with Crippen LogP contribution in [0, 0.1) is 17.3 Å². The summed E-state index contributed by atoms with van der Waals surface area (Å²) in [4.78, 5) is 0.660. The van der Waals surface area contributed by atoms with Gasteiger partial charge in [0.1, 0.15) is 5.75 Å². The first-order chi connectivity index (χ1) is 9.40. The Hall–Kier alpha value is -0.500. The lowest BCUT2D eigenvalue weighted by molar-refractivity contribution is 0.146. The maximum Gasteiger partial charge on any atom is 0.119 e. The summed E-state index contributed by atoms with van der Waals surface area (Å²) in [6, 6.07) is 8.53. The molecule has 0 spiro atoms. The van der Waals surface area contributed by atoms with Gasteiger partial charge in [0, 0.05) is 4.83 Å². The Morgan fingerprint density at radius 2 is 2.00 bits per heavy atom. The predicted molar refractivity (Wildman–Crippen MR) is 89.7 cm³/mol. The highest BCUT2D eigenvalue weighted by molar-refractivity contribution is 9.09. The van der Waals surface area contributed by atoms with Gasteiger partial charge in [0.2, 0.25) is 0 Å². The van der Waals surface area contributed by atoms with Crippen molar-refractivity contribution in [1.29, 1.82) is 0 Å². The molecule has 0 N–H and O–H groups in total. The van der Waals surface area contributed by atoms with Crippen LogP contribution < -0.4 is 4.74 Å². The van der Waals surface area contributed by atoms with Crippen molar-refractivity contribution >= 4 is 15.9 Å². The molecule has 1 aliphatic rings. The predicted octanol–water partition coefficient (Wildman–Crippen LogP) is 5.46. The second-order valence-electron chi connectivity index (χ2n) is 7.21. The van der Waals surface area contributed by atoms with Crippen molar-refractivity contribution in [2.75, 3.05) is 7.11 Å². The lowest BCUT2D eigenvalue weighted by Gasteiger charge is -2.40. The normalized spacial score (nSPS) is 27.4. The van der Waals surface area contributed by atoms with Crippen LogP contribution >= 0.6 is 15.9 Å². The topological polar surface area (TPSA) is 9.23 Å². The van der Waals surface area contributed by atoms with Crippen molar-refractivity contribution in [2.45, 2.75) is 51.3 Å². The van der Waals surface area contributed by atoms with Gasteiger partial charge in [-0.2, -0.15) is 0 Å². The van der Waals surface area contributed by atoms with Gasteiger partial charge in [-0.3, -0.25) is 0 Å². The van der Waals surface area contributed by atoms with E-state index in [0.29, 0.717) is 10.2 Å². The van der Waals surface area contributed by atoms with Crippen molar-refractivity contribution in [2.24, 2.45) is 17.3 Å². The largest absolute Gasteiger partial charge is 0.497 e. The van der Waals surface area contributed by atoms with Crippen molar-refractivity contribution in [1.82, 2.24) is 0 Å². The highest BCUT2D eigenvalue weighted by Gasteiger charge is 2.34. The fourth-order valence-corrected chi connectivity index (χ4v) is 3.99. The molecule has 1 aromatic rings. The summed E-state index contributed by atoms with van der Waals surface area (Å²) in [7, 11) is 1.74. The standard InChI is InChI=1S/C18H27BrO/c1-18(2,3)15-8-9-17(19)14(12-15)10-13-6-5-7-16(11-13)20-4/h5-7,11,14-15,17H,8-10,12H2,1-4H3. The van der Waals surface area contributed by atoms with Crippen LogP contribution in [0.15, 0.2) is 24.3 Å². The van der Waals surface area contributed by atoms with E-state index in [0.717, 1.165) is 24.0 Å². The maximum atomic E-state index is 5.33. The lowest BCUT2D eigenvalue weighted by atomic mass is 9.68. The zero-order valence-corrected chi connectivity index (χ0v) is 14.7. The smallest absolute Gasteiger partial charge is 0.119 e. The van der Waals surface area contributed by atoms with E-state index in [2.05, 4.69) is 54.9 Å². The van der Waals surface area contributed by atoms with Crippen molar-refractivity contribution in [3.05, 3.63) is 29.8 Å². The van der Waals surface area contributed by atoms with Crippen molar-refractivity contribution in [3.8, 4) is 5.75 Å². The molecule has 1 saturated carbocycles. The van der Waals surface area contributed by atoms with Crippen LogP contribution in [-0.2, 0) is 6.42 Å². The molecule has 2 heteroatoms. The fourth-order valence-electron chi connectivity index (χ4n) is 3.33. The molecule has 0 aromatic heterocycles. The van der Waals surface area contributed by atoms with Crippen LogP contribution in [0.25, 0.3) is 0 Å². The lowest BCUT2D eigenvalue weighted by Crippen LogP contribution is -2.33. The van der Waals surface area contributed by atoms with Crippen molar-refractivity contribution < 1.29 is 4.74 Å². The summed E-state index contributed by atoms with van der Waals surface area (Å²) >= 11 is 3.91. The molecule has 3 atom stereocenters. The fraction of sp³-hybridized carbons (Fsp3) is 0.667. The van der Waals surface area contributed by atoms with Gasteiger partial charge in [0.15, 0.2) is 0 Å². The van der Waals surface area contributed by atoms with Crippen LogP contribution in [0.4, 0.5) is 0 Å². The first-order valence-electron chi connectivity index (χ1n) is 7.67. The Morgan fingerprint density at radius 1 is 1.25 bits per heavy atom. The molecule has 1 aromatic carbocycles. The molecular weight excluding hydrogens is 312 g/mol. The number of halogens is 1. The molecule has 0 bridgehead atoms. The number of methoxy groups -OCH3 is 1. The Balaban J connectivity index is 2.06. The zero-order valence-electron chi connectivity index (χ0n) is 13.2. The van der Waals surface area contributed by atoms with Crippen LogP contribution in [0.5, 0.6) is 5.75 Å². The Morgan fingerprint density at radius 3 is 2.65 bits per heavy atom. The molecule has 0 amide bonds. The van der Waals surface area contributed by atoms with Gasteiger partial charge in [0.05, 0.1) is 7.11 Å². The van der Waals surface area contributed by atoms with Gasteiger partial charge in [-0.15, -0.1) is 0 Å². The summed E-state index contributed by atoms with van der Waals surface area (Å²) in [5.41, 5.74) is 1.83. The van der Waals surface area contributed by atoms with Gasteiger partial charge >= 0.3 is 0 Å². The third-order valence-corrected chi connectivity index (χ3v) is 5.95. The SMILES string of the molecule is COc1cccc(CC2CC(C(C)(C)C)CCC2Br)c1. The molecule has 20 heavy (non-hydrogen) atoms. The van der Waals surface area contributed by atoms with Crippen molar-refractivity contribution in [3.63, 3.8) is 0 Å². The van der Waals surface area contributed by atoms with E-state index in [-0.39, 0.29) is 0 Å². The minimum Gasteiger partial charge on any atom is -0.497 e. The third-order valence-electron chi connectivity index (χ3n) is 4.75. The van der Waals surface area contributed by atoms with E-state index < -0.39 is 0 Å². The Labute approximate surface area is 132 Å². The monoisotopic (exact) mass is 338 g/mol. The van der Waals surface area contributed by atoms with E-state index in [1.54, 1.807) is 7.11 Å². The number of hydrogen-bond donors (Lipinski definition) is 0. The van der Waals surface area contributed by atoms with Crippen LogP contribution in [0.3, 0.4) is 0 Å². The van der Waals surface area contributed by atoms with Gasteiger partial charge < -0.3 is 4.74 Å². The molecule has 3 unspecified atom stereocenters. The van der Waals surface area contributed by atoms with Gasteiger partial charge in [-0.1, -0.05) is 48.8 Å². The molecule has 1 nitrogen and oxygen atoms in total. The Kier molecular flexibility index (Phi) is 5.17. The molecule has 112 valence electrons. The van der Waals surface area contributed by atoms with E-state index in [4.69, 9.17) is 4.74 Å². The maximum absolute atomic E-state index is 5.33. The molecule has 2 rings (SSSR count). The molecular formula is C18H27BrO. The minimum atomic E-state index is 0.430. The quantitative estimate of drug-likeness (QED) is 0.664. The third kappa shape index (κ3) is 4.00. The minimum absolute atomic E-state index is 0.430. The average Bonchev–Trinajstić information content (AvgIpc) is 2.40. The van der Waals surface area contributed by atoms with E-state index in [1.807, 2.05) is 6.07 Å². The number of ether oxygens (including phenoxy) is 1. The van der Waals surface area contributed by atoms with E-state index >= 15 is 0 Å². The van der Waals surface area contributed by atoms with Gasteiger partial charge in [-0.25, -0.2) is 0 Å². The van der Waals surface area contributed by atoms with E-state index in [1.165, 1.54) is 24.8 Å². The molecule has 0 aliphatic heterocycles. The molecule has 0 heterocycles. The summed E-state index contributed by atoms with van der Waals surface area (Å²) < 4.78 is 5.33. The summed E-state index contributed by atoms with van der Waals surface area (Å²) in [5, 5.41) is 0. The second-order valence-corrected chi connectivity index (χ2v) is 8.38. The number of rotatable bonds is 3. The highest BCUT2D eigenvalue weighted by Crippen LogP contribution is 2.43. The summed E-state index contributed by atoms with van der Waals surface area (Å²) in [6.07, 6.45) is 5.14. The molecule has 0 radical (unpaired) electrons. The Bertz CT molecular complexity index is 435. The summed E-state index contributed by atoms with van der Waals surface area (Å²) in [6.45, 7) is 7.15. The second kappa shape index (κ2) is 6.51. The van der Waals surface area contributed by atoms with Gasteiger partial charge in [-0.05, 0) is 60.6 Å². The summed E-state index contributed by atoms with van der Waals surface area (Å²) in [5.74, 6) is 2.55. The molecule has 1 aliphatic carbocycles. The average molecular weight is 339 g/mol. The van der Waals surface area contributed by atoms with Crippen LogP contribution in [0.1, 0.15) is 45.6 Å². The first kappa shape index (κ1) is 15.9. The number of alkyl halides is 1. The number of hydrogen-bond acceptors (Lipinski definition) is 1. The van der Waals surface area contributed by atoms with Crippen LogP contribution in [0.2, 0.25) is 0 Å².